The first-order chi connectivity index (χ1) is 6.50. The summed E-state index contributed by atoms with van der Waals surface area (Å²) >= 11 is 0. The number of nitrogens with zero attached hydrogens (tertiary/aromatic N) is 2. The van der Waals surface area contributed by atoms with E-state index >= 15 is 0 Å². The molecule has 74 valence electrons. The number of hydrogen-bond donors (Lipinski definition) is 0. The van der Waals surface area contributed by atoms with Gasteiger partial charge in [0.15, 0.2) is 0 Å². The molecule has 2 nitrogen and oxygen atoms in total. The molecule has 1 aliphatic carbocycles. The van der Waals surface area contributed by atoms with Crippen LogP contribution in [-0.4, -0.2) is 12.2 Å². The van der Waals surface area contributed by atoms with E-state index in [1.807, 2.05) is 0 Å². The molecule has 0 aromatic rings. The number of hydrogen-bond acceptors (Lipinski definition) is 2. The molecule has 0 bridgehead atoms. The van der Waals surface area contributed by atoms with Gasteiger partial charge in [0, 0.05) is 5.57 Å². The molecule has 0 aromatic heterocycles. The molecular formula is C9H7F3N2. The summed E-state index contributed by atoms with van der Waals surface area (Å²) < 4.78 is 37.4. The van der Waals surface area contributed by atoms with Crippen molar-refractivity contribution >= 4 is 0 Å². The van der Waals surface area contributed by atoms with Gasteiger partial charge in [0.1, 0.15) is 6.04 Å². The van der Waals surface area contributed by atoms with Crippen LogP contribution in [0.5, 0.6) is 0 Å². The Bertz CT molecular complexity index is 385. The van der Waals surface area contributed by atoms with E-state index in [1.54, 1.807) is 13.0 Å². The number of rotatable bonds is 0. The molecule has 1 atom stereocenters. The summed E-state index contributed by atoms with van der Waals surface area (Å²) in [6.07, 6.45) is -0.278. The van der Waals surface area contributed by atoms with Crippen molar-refractivity contribution in [3.8, 4) is 0 Å². The fourth-order valence-corrected chi connectivity index (χ4v) is 1.50. The second kappa shape index (κ2) is 2.80. The molecule has 0 aromatic carbocycles. The molecule has 1 heterocycles. The number of azo groups is 1. The van der Waals surface area contributed by atoms with Gasteiger partial charge in [-0.05, 0) is 6.92 Å². The third-order valence-corrected chi connectivity index (χ3v) is 2.21. The van der Waals surface area contributed by atoms with Gasteiger partial charge in [0.25, 0.3) is 0 Å². The molecule has 0 amide bonds. The Labute approximate surface area is 78.5 Å². The lowest BCUT2D eigenvalue weighted by Gasteiger charge is -2.18. The number of allylic oxidation sites excluding steroid dienone is 3. The predicted octanol–water partition coefficient (Wildman–Crippen LogP) is 3.15. The molecule has 0 radical (unpaired) electrons. The van der Waals surface area contributed by atoms with E-state index in [-0.39, 0.29) is 0 Å². The average molecular weight is 200 g/mol. The number of fused-ring (bicyclic) bond motifs is 1. The topological polar surface area (TPSA) is 24.7 Å². The van der Waals surface area contributed by atoms with Crippen molar-refractivity contribution in [3.63, 3.8) is 0 Å². The lowest BCUT2D eigenvalue weighted by atomic mass is 9.94. The fraction of sp³-hybridized carbons (Fsp3) is 0.333. The fourth-order valence-electron chi connectivity index (χ4n) is 1.50. The van der Waals surface area contributed by atoms with Crippen LogP contribution in [0.25, 0.3) is 0 Å². The second-order valence-electron chi connectivity index (χ2n) is 3.14. The smallest absolute Gasteiger partial charge is 0.176 e. The highest BCUT2D eigenvalue weighted by atomic mass is 19.4. The van der Waals surface area contributed by atoms with Crippen LogP contribution in [0.1, 0.15) is 6.92 Å². The molecule has 0 fully saturated rings. The number of alkyl halides is 3. The quantitative estimate of drug-likeness (QED) is 0.573. The molecule has 0 unspecified atom stereocenters. The van der Waals surface area contributed by atoms with Gasteiger partial charge in [-0.1, -0.05) is 18.2 Å². The molecule has 0 saturated carbocycles. The van der Waals surface area contributed by atoms with Gasteiger partial charge in [-0.15, -0.1) is 0 Å². The minimum absolute atomic E-state index is 0.542. The summed E-state index contributed by atoms with van der Waals surface area (Å²) in [5.41, 5.74) is 0.455. The summed E-state index contributed by atoms with van der Waals surface area (Å²) in [4.78, 5) is 0. The van der Waals surface area contributed by atoms with Crippen molar-refractivity contribution in [2.45, 2.75) is 19.1 Å². The normalized spacial score (nSPS) is 25.4. The largest absolute Gasteiger partial charge is 0.415 e. The van der Waals surface area contributed by atoms with E-state index in [4.69, 9.17) is 0 Å². The average Bonchev–Trinajstić information content (AvgIpc) is 2.46. The maximum absolute atomic E-state index is 12.5. The minimum Gasteiger partial charge on any atom is -0.176 e. The van der Waals surface area contributed by atoms with Crippen molar-refractivity contribution in [3.05, 3.63) is 35.1 Å². The Morgan fingerprint density at radius 1 is 1.36 bits per heavy atom. The van der Waals surface area contributed by atoms with E-state index in [0.29, 0.717) is 11.3 Å². The Morgan fingerprint density at radius 3 is 2.71 bits per heavy atom. The van der Waals surface area contributed by atoms with Crippen molar-refractivity contribution in [2.24, 2.45) is 10.2 Å². The third-order valence-electron chi connectivity index (χ3n) is 2.21. The first-order valence-electron chi connectivity index (χ1n) is 4.07. The van der Waals surface area contributed by atoms with Crippen LogP contribution in [0.3, 0.4) is 0 Å². The summed E-state index contributed by atoms with van der Waals surface area (Å²) in [6, 6.07) is -0.944. The zero-order valence-corrected chi connectivity index (χ0v) is 7.34. The number of halogens is 3. The minimum atomic E-state index is -4.33. The Balaban J connectivity index is 2.44. The van der Waals surface area contributed by atoms with Gasteiger partial charge >= 0.3 is 6.18 Å². The van der Waals surface area contributed by atoms with E-state index in [9.17, 15) is 13.2 Å². The Kier molecular flexibility index (Phi) is 1.83. The van der Waals surface area contributed by atoms with Gasteiger partial charge < -0.3 is 0 Å². The van der Waals surface area contributed by atoms with Crippen LogP contribution >= 0.6 is 0 Å². The van der Waals surface area contributed by atoms with Crippen molar-refractivity contribution < 1.29 is 13.2 Å². The first kappa shape index (κ1) is 9.18. The zero-order chi connectivity index (χ0) is 10.3. The maximum Gasteiger partial charge on any atom is 0.415 e. The van der Waals surface area contributed by atoms with E-state index in [1.165, 1.54) is 6.08 Å². The molecule has 0 spiro atoms. The van der Waals surface area contributed by atoms with Gasteiger partial charge in [0.05, 0.1) is 11.3 Å². The SMILES string of the molecule is CC1=C2C=CC=C(C(F)(F)F)[C@H]2N=N1. The van der Waals surface area contributed by atoms with E-state index in [2.05, 4.69) is 10.2 Å². The van der Waals surface area contributed by atoms with Gasteiger partial charge in [-0.2, -0.15) is 23.4 Å². The van der Waals surface area contributed by atoms with Gasteiger partial charge in [-0.3, -0.25) is 0 Å². The first-order valence-corrected chi connectivity index (χ1v) is 4.07. The highest BCUT2D eigenvalue weighted by Gasteiger charge is 2.42. The van der Waals surface area contributed by atoms with Crippen molar-refractivity contribution in [2.75, 3.05) is 0 Å². The van der Waals surface area contributed by atoms with Crippen LogP contribution in [0, 0.1) is 0 Å². The van der Waals surface area contributed by atoms with Crippen LogP contribution in [-0.2, 0) is 0 Å². The maximum atomic E-state index is 12.5. The Morgan fingerprint density at radius 2 is 2.07 bits per heavy atom. The van der Waals surface area contributed by atoms with Crippen LogP contribution in [0.15, 0.2) is 45.3 Å². The van der Waals surface area contributed by atoms with Crippen LogP contribution in [0.4, 0.5) is 13.2 Å². The summed E-state index contributed by atoms with van der Waals surface area (Å²) in [7, 11) is 0. The molecule has 2 aliphatic rings. The molecule has 2 rings (SSSR count). The second-order valence-corrected chi connectivity index (χ2v) is 3.14. The van der Waals surface area contributed by atoms with E-state index < -0.39 is 17.8 Å². The monoisotopic (exact) mass is 200 g/mol. The summed E-state index contributed by atoms with van der Waals surface area (Å²) in [5, 5.41) is 7.25. The highest BCUT2D eigenvalue weighted by Crippen LogP contribution is 2.39. The third kappa shape index (κ3) is 1.29. The molecular weight excluding hydrogens is 193 g/mol. The molecule has 1 aliphatic heterocycles. The highest BCUT2D eigenvalue weighted by molar-refractivity contribution is 5.47. The van der Waals surface area contributed by atoms with E-state index in [0.717, 1.165) is 6.08 Å². The lowest BCUT2D eigenvalue weighted by Crippen LogP contribution is -2.24. The van der Waals surface area contributed by atoms with Crippen LogP contribution in [0.2, 0.25) is 0 Å². The van der Waals surface area contributed by atoms with Crippen molar-refractivity contribution in [1.82, 2.24) is 0 Å². The predicted molar refractivity (Wildman–Crippen MR) is 44.6 cm³/mol. The lowest BCUT2D eigenvalue weighted by molar-refractivity contribution is -0.0945. The molecule has 14 heavy (non-hydrogen) atoms. The summed E-state index contributed by atoms with van der Waals surface area (Å²) in [6.45, 7) is 1.66. The van der Waals surface area contributed by atoms with Crippen LogP contribution < -0.4 is 0 Å². The standard InChI is InChI=1S/C9H7F3N2/c1-5-6-3-2-4-7(9(10,11)12)8(6)14-13-5/h2-4,8H,1H3/t8-/m0/s1. The Hall–Kier alpha value is -1.39. The summed E-state index contributed by atoms with van der Waals surface area (Å²) in [5.74, 6) is 0. The van der Waals surface area contributed by atoms with Crippen molar-refractivity contribution in [1.29, 1.82) is 0 Å². The molecule has 0 saturated heterocycles. The zero-order valence-electron chi connectivity index (χ0n) is 7.34. The van der Waals surface area contributed by atoms with Gasteiger partial charge in [0.2, 0.25) is 0 Å². The molecule has 0 N–H and O–H groups in total. The molecule has 5 heteroatoms. The van der Waals surface area contributed by atoms with Gasteiger partial charge in [-0.25, -0.2) is 0 Å².